The molecule has 0 saturated carbocycles. The van der Waals surface area contributed by atoms with E-state index < -0.39 is 0 Å². The standard InChI is InChI=1S/C80H61N3/c1-3-16-52-28-38-60(39-29-52)81-73-26-14-12-20-63(73)69-48-56(34-44-75(69)81)58-36-46-77-71(50-58)72-51-59(57-35-45-76-70(49-57)64-21-13-15-27-74(64)82(76)61-40-30-53(17-4-2)31-41-61)37-47-78(72)83(77)62-42-32-55(33-43-62)80-67-24-10-8-22-65(67)79(54-18-6-5-7-19-54)66-23-9-11-25-68(66)80/h5-15,18-51,71,77H,3-4,16-17H2,1-2H3. The predicted molar refractivity (Wildman–Crippen MR) is 353 cm³/mol. The maximum absolute atomic E-state index is 2.59. The number of hydrogen-bond acceptors (Lipinski definition) is 1. The Morgan fingerprint density at radius 1 is 0.337 bits per heavy atom. The van der Waals surface area contributed by atoms with E-state index in [1.165, 1.54) is 149 Å². The third-order valence-corrected chi connectivity index (χ3v) is 18.1. The first-order chi connectivity index (χ1) is 41.1. The van der Waals surface area contributed by atoms with Gasteiger partial charge < -0.3 is 14.0 Å². The highest BCUT2D eigenvalue weighted by molar-refractivity contribution is 6.21. The van der Waals surface area contributed by atoms with E-state index in [0.717, 1.165) is 25.7 Å². The Labute approximate surface area is 485 Å². The molecule has 0 fully saturated rings. The van der Waals surface area contributed by atoms with Crippen molar-refractivity contribution >= 4 is 82.1 Å². The van der Waals surface area contributed by atoms with Gasteiger partial charge in [0.05, 0.1) is 28.1 Å². The molecule has 2 atom stereocenters. The molecule has 0 N–H and O–H groups in total. The minimum Gasteiger partial charge on any atom is -0.333 e. The lowest BCUT2D eigenvalue weighted by atomic mass is 9.85. The van der Waals surface area contributed by atoms with Gasteiger partial charge >= 0.3 is 0 Å². The molecule has 83 heavy (non-hydrogen) atoms. The summed E-state index contributed by atoms with van der Waals surface area (Å²) in [6, 6.07) is 95.9. The zero-order valence-electron chi connectivity index (χ0n) is 46.8. The number of anilines is 2. The highest BCUT2D eigenvalue weighted by Gasteiger charge is 2.39. The van der Waals surface area contributed by atoms with Crippen molar-refractivity contribution in [3.63, 3.8) is 0 Å². The number of allylic oxidation sites excluding steroid dienone is 2. The molecule has 16 rings (SSSR count). The topological polar surface area (TPSA) is 13.1 Å². The van der Waals surface area contributed by atoms with Crippen molar-refractivity contribution in [3.05, 3.63) is 295 Å². The Bertz CT molecular complexity index is 4860. The molecule has 0 spiro atoms. The Morgan fingerprint density at radius 3 is 1.30 bits per heavy atom. The first-order valence-corrected chi connectivity index (χ1v) is 29.8. The van der Waals surface area contributed by atoms with Gasteiger partial charge in [-0.3, -0.25) is 0 Å². The van der Waals surface area contributed by atoms with Crippen molar-refractivity contribution in [2.24, 2.45) is 0 Å². The van der Waals surface area contributed by atoms with Crippen LogP contribution < -0.4 is 4.90 Å². The molecule has 3 nitrogen and oxygen atoms in total. The molecular weight excluding hydrogens is 1000 g/mol. The maximum atomic E-state index is 2.59. The lowest BCUT2D eigenvalue weighted by molar-refractivity contribution is 0.747. The lowest BCUT2D eigenvalue weighted by Crippen LogP contribution is -2.28. The van der Waals surface area contributed by atoms with E-state index in [1.807, 2.05) is 0 Å². The van der Waals surface area contributed by atoms with Crippen LogP contribution in [0.4, 0.5) is 11.4 Å². The third-order valence-electron chi connectivity index (χ3n) is 18.1. The lowest BCUT2D eigenvalue weighted by Gasteiger charge is -2.30. The number of fused-ring (bicyclic) bond motifs is 11. The van der Waals surface area contributed by atoms with Gasteiger partial charge in [0.2, 0.25) is 0 Å². The minimum atomic E-state index is 0.0761. The molecule has 0 radical (unpaired) electrons. The second kappa shape index (κ2) is 19.9. The molecule has 0 saturated heterocycles. The first kappa shape index (κ1) is 48.9. The van der Waals surface area contributed by atoms with Gasteiger partial charge in [-0.1, -0.05) is 215 Å². The quantitative estimate of drug-likeness (QED) is 0.118. The summed E-state index contributed by atoms with van der Waals surface area (Å²) in [4.78, 5) is 2.59. The van der Waals surface area contributed by atoms with E-state index in [0.29, 0.717) is 0 Å². The summed E-state index contributed by atoms with van der Waals surface area (Å²) in [5, 5.41) is 10.1. The van der Waals surface area contributed by atoms with Crippen LogP contribution in [0.1, 0.15) is 54.9 Å². The second-order valence-electron chi connectivity index (χ2n) is 22.9. The molecule has 2 aliphatic rings. The van der Waals surface area contributed by atoms with Crippen LogP contribution in [0.3, 0.4) is 0 Å². The number of nitrogens with zero attached hydrogens (tertiary/aromatic N) is 3. The number of para-hydroxylation sites is 2. The van der Waals surface area contributed by atoms with Crippen molar-refractivity contribution in [3.8, 4) is 44.8 Å². The van der Waals surface area contributed by atoms with Crippen LogP contribution in [0.2, 0.25) is 0 Å². The molecule has 1 aliphatic carbocycles. The number of aromatic nitrogens is 2. The van der Waals surface area contributed by atoms with Gasteiger partial charge in [0, 0.05) is 50.2 Å². The molecule has 12 aromatic carbocycles. The average Bonchev–Trinajstić information content (AvgIpc) is 3.46. The molecule has 1 aliphatic heterocycles. The molecule has 3 heteroatoms. The third kappa shape index (κ3) is 8.01. The number of benzene rings is 12. The SMILES string of the molecule is CCCc1ccc(-n2c3ccccc3c3cc(C4=CC5c6cc(-c7ccc8c(c7)c7ccccc7n8-c7ccc(CCC)cc7)ccc6N(c6ccc(-c7c8ccccc8c(-c8ccccc8)c8ccccc78)cc6)C5C=C4)ccc32)cc1. The van der Waals surface area contributed by atoms with Crippen LogP contribution in [-0.4, -0.2) is 15.2 Å². The highest BCUT2D eigenvalue weighted by Crippen LogP contribution is 2.52. The van der Waals surface area contributed by atoms with Crippen molar-refractivity contribution in [1.82, 2.24) is 9.13 Å². The summed E-state index contributed by atoms with van der Waals surface area (Å²) >= 11 is 0. The molecule has 2 unspecified atom stereocenters. The van der Waals surface area contributed by atoms with E-state index >= 15 is 0 Å². The fraction of sp³-hybridized carbons (Fsp3) is 0.100. The normalized spacial score (nSPS) is 14.8. The zero-order valence-corrected chi connectivity index (χ0v) is 46.8. The monoisotopic (exact) mass is 1060 g/mol. The Morgan fingerprint density at radius 2 is 0.759 bits per heavy atom. The largest absolute Gasteiger partial charge is 0.333 e. The van der Waals surface area contributed by atoms with Crippen LogP contribution >= 0.6 is 0 Å². The van der Waals surface area contributed by atoms with Gasteiger partial charge in [-0.2, -0.15) is 0 Å². The molecular formula is C80H61N3. The fourth-order valence-electron chi connectivity index (χ4n) is 14.3. The highest BCUT2D eigenvalue weighted by atomic mass is 15.2. The smallest absolute Gasteiger partial charge is 0.0630 e. The van der Waals surface area contributed by atoms with Gasteiger partial charge in [-0.25, -0.2) is 0 Å². The van der Waals surface area contributed by atoms with Crippen LogP contribution in [0.5, 0.6) is 0 Å². The Balaban J connectivity index is 0.822. The molecule has 2 aromatic heterocycles. The minimum absolute atomic E-state index is 0.0761. The van der Waals surface area contributed by atoms with Crippen LogP contribution in [-0.2, 0) is 12.8 Å². The summed E-state index contributed by atoms with van der Waals surface area (Å²) in [6.07, 6.45) is 11.9. The zero-order chi connectivity index (χ0) is 55.1. The van der Waals surface area contributed by atoms with Crippen molar-refractivity contribution in [2.75, 3.05) is 4.90 Å². The molecule has 396 valence electrons. The summed E-state index contributed by atoms with van der Waals surface area (Å²) in [5.41, 5.74) is 23.7. The van der Waals surface area contributed by atoms with Gasteiger partial charge in [0.25, 0.3) is 0 Å². The number of hydrogen-bond donors (Lipinski definition) is 0. The van der Waals surface area contributed by atoms with Crippen molar-refractivity contribution in [1.29, 1.82) is 0 Å². The van der Waals surface area contributed by atoms with Crippen LogP contribution in [0, 0.1) is 0 Å². The van der Waals surface area contributed by atoms with Crippen LogP contribution in [0.15, 0.2) is 273 Å². The van der Waals surface area contributed by atoms with Gasteiger partial charge in [0.15, 0.2) is 0 Å². The predicted octanol–water partition coefficient (Wildman–Crippen LogP) is 21.4. The summed E-state index contributed by atoms with van der Waals surface area (Å²) in [7, 11) is 0. The summed E-state index contributed by atoms with van der Waals surface area (Å²) < 4.78 is 4.87. The Hall–Kier alpha value is -9.96. The second-order valence-corrected chi connectivity index (χ2v) is 22.9. The molecule has 0 bridgehead atoms. The van der Waals surface area contributed by atoms with Crippen molar-refractivity contribution in [2.45, 2.75) is 51.5 Å². The number of aryl methyl sites for hydroxylation is 2. The fourth-order valence-corrected chi connectivity index (χ4v) is 14.3. The maximum Gasteiger partial charge on any atom is 0.0630 e. The van der Waals surface area contributed by atoms with Gasteiger partial charge in [-0.05, 0) is 181 Å². The molecule has 3 heterocycles. The molecule has 0 amide bonds. The van der Waals surface area contributed by atoms with Crippen LogP contribution in [0.25, 0.3) is 115 Å². The van der Waals surface area contributed by atoms with Crippen molar-refractivity contribution < 1.29 is 0 Å². The van der Waals surface area contributed by atoms with Gasteiger partial charge in [-0.15, -0.1) is 0 Å². The molecule has 14 aromatic rings. The Kier molecular flexibility index (Phi) is 11.7. The number of rotatable bonds is 11. The summed E-state index contributed by atoms with van der Waals surface area (Å²) in [6.45, 7) is 4.50. The van der Waals surface area contributed by atoms with E-state index in [4.69, 9.17) is 0 Å². The van der Waals surface area contributed by atoms with E-state index in [9.17, 15) is 0 Å². The van der Waals surface area contributed by atoms with E-state index in [2.05, 4.69) is 301 Å². The van der Waals surface area contributed by atoms with Gasteiger partial charge in [0.1, 0.15) is 0 Å². The van der Waals surface area contributed by atoms with E-state index in [-0.39, 0.29) is 12.0 Å². The van der Waals surface area contributed by atoms with E-state index in [1.54, 1.807) is 0 Å². The summed E-state index contributed by atoms with van der Waals surface area (Å²) in [5.74, 6) is 0.100. The average molecular weight is 1060 g/mol. The first-order valence-electron chi connectivity index (χ1n) is 29.8.